The molecule has 214 valence electrons. The van der Waals surface area contributed by atoms with Crippen LogP contribution in [0.2, 0.25) is 10.0 Å². The van der Waals surface area contributed by atoms with Gasteiger partial charge in [-0.25, -0.2) is 18.4 Å². The fraction of sp³-hybridized carbons (Fsp3) is 0.444. The van der Waals surface area contributed by atoms with Gasteiger partial charge in [0.25, 0.3) is 0 Å². The Hall–Kier alpha value is -2.60. The van der Waals surface area contributed by atoms with E-state index in [1.807, 2.05) is 11.8 Å². The minimum absolute atomic E-state index is 0.0317. The number of anilines is 1. The summed E-state index contributed by atoms with van der Waals surface area (Å²) in [6, 6.07) is 3.59. The Morgan fingerprint density at radius 1 is 1.12 bits per heavy atom. The van der Waals surface area contributed by atoms with Crippen LogP contribution in [-0.4, -0.2) is 72.3 Å². The van der Waals surface area contributed by atoms with E-state index in [1.165, 1.54) is 22.4 Å². The van der Waals surface area contributed by atoms with Gasteiger partial charge in [0, 0.05) is 66.5 Å². The molecule has 0 radical (unpaired) electrons. The topological polar surface area (TPSA) is 76.9 Å². The fourth-order valence-electron chi connectivity index (χ4n) is 4.95. The normalized spacial score (nSPS) is 17.3. The lowest BCUT2D eigenvalue weighted by atomic mass is 10.0. The first-order valence-electron chi connectivity index (χ1n) is 13.0. The van der Waals surface area contributed by atoms with Gasteiger partial charge in [-0.05, 0) is 18.6 Å². The summed E-state index contributed by atoms with van der Waals surface area (Å²) < 4.78 is 41.6. The lowest BCUT2D eigenvalue weighted by Crippen LogP contribution is -2.49. The number of carbonyl (C=O) groups is 1. The third-order valence-corrected chi connectivity index (χ3v) is 8.94. The first-order valence-corrected chi connectivity index (χ1v) is 14.7. The molecule has 0 saturated carbocycles. The Kier molecular flexibility index (Phi) is 8.75. The molecule has 0 bridgehead atoms. The molecule has 0 spiro atoms. The summed E-state index contributed by atoms with van der Waals surface area (Å²) >= 11 is 14.2. The van der Waals surface area contributed by atoms with Gasteiger partial charge in [-0.2, -0.15) is 4.98 Å². The molecule has 2 aromatic carbocycles. The molecule has 2 aliphatic heterocycles. The van der Waals surface area contributed by atoms with Crippen molar-refractivity contribution in [2.45, 2.75) is 37.3 Å². The predicted octanol–water partition coefficient (Wildman–Crippen LogP) is 5.83. The lowest BCUT2D eigenvalue weighted by Gasteiger charge is -2.35. The number of hydrogen-bond donors (Lipinski definition) is 0. The summed E-state index contributed by atoms with van der Waals surface area (Å²) in [5, 5.41) is 0.575. The molecule has 5 rings (SSSR count). The average molecular weight is 614 g/mol. The molecule has 1 fully saturated rings. The number of nitrogens with zero attached hydrogens (tertiary/aromatic N) is 4. The van der Waals surface area contributed by atoms with E-state index in [4.69, 9.17) is 32.7 Å². The van der Waals surface area contributed by atoms with Crippen molar-refractivity contribution in [1.82, 2.24) is 14.5 Å². The molecule has 0 aliphatic carbocycles. The van der Waals surface area contributed by atoms with E-state index >= 15 is 4.39 Å². The van der Waals surface area contributed by atoms with Crippen LogP contribution in [-0.2, 0) is 16.0 Å². The van der Waals surface area contributed by atoms with Gasteiger partial charge in [-0.1, -0.05) is 36.5 Å². The van der Waals surface area contributed by atoms with Crippen LogP contribution in [0.3, 0.4) is 0 Å². The number of methoxy groups -OCH3 is 1. The maximum atomic E-state index is 15.1. The van der Waals surface area contributed by atoms with Crippen LogP contribution in [0, 0.1) is 11.6 Å². The number of aromatic nitrogens is 2. The zero-order valence-electron chi connectivity index (χ0n) is 22.0. The molecular formula is C27H28Cl2F2N4O4S. The number of ether oxygens (including phenoxy) is 2. The number of halogens is 4. The number of amides is 1. The fourth-order valence-corrected chi connectivity index (χ4v) is 6.79. The predicted molar refractivity (Wildman–Crippen MR) is 153 cm³/mol. The molecular weight excluding hydrogens is 585 g/mol. The van der Waals surface area contributed by atoms with E-state index in [0.29, 0.717) is 65.7 Å². The van der Waals surface area contributed by atoms with Crippen LogP contribution in [0.4, 0.5) is 19.4 Å². The molecule has 40 heavy (non-hydrogen) atoms. The molecule has 3 aromatic rings. The molecule has 0 N–H and O–H groups in total. The Morgan fingerprint density at radius 3 is 2.58 bits per heavy atom. The van der Waals surface area contributed by atoms with Gasteiger partial charge in [0.1, 0.15) is 17.5 Å². The number of hydrogen-bond acceptors (Lipinski definition) is 7. The van der Waals surface area contributed by atoms with Gasteiger partial charge >= 0.3 is 11.8 Å². The largest absolute Gasteiger partial charge is 0.449 e. The quantitative estimate of drug-likeness (QED) is 0.256. The van der Waals surface area contributed by atoms with Crippen molar-refractivity contribution in [1.29, 1.82) is 0 Å². The van der Waals surface area contributed by atoms with Crippen molar-refractivity contribution < 1.29 is 23.0 Å². The van der Waals surface area contributed by atoms with Gasteiger partial charge in [-0.3, -0.25) is 4.57 Å². The van der Waals surface area contributed by atoms with Crippen molar-refractivity contribution in [2.24, 2.45) is 0 Å². The Morgan fingerprint density at radius 2 is 1.88 bits per heavy atom. The average Bonchev–Trinajstić information content (AvgIpc) is 3.14. The van der Waals surface area contributed by atoms with Crippen LogP contribution >= 0.6 is 35.0 Å². The Bertz CT molecular complexity index is 1510. The lowest BCUT2D eigenvalue weighted by molar-refractivity contribution is 0.0989. The highest BCUT2D eigenvalue weighted by molar-refractivity contribution is 7.99. The second-order valence-corrected chi connectivity index (χ2v) is 11.5. The molecule has 1 saturated heterocycles. The first-order chi connectivity index (χ1) is 19.2. The van der Waals surface area contributed by atoms with Crippen molar-refractivity contribution in [3.63, 3.8) is 0 Å². The minimum atomic E-state index is -0.880. The van der Waals surface area contributed by atoms with E-state index in [9.17, 15) is 14.0 Å². The maximum Gasteiger partial charge on any atom is 0.409 e. The van der Waals surface area contributed by atoms with Crippen molar-refractivity contribution >= 4 is 57.8 Å². The van der Waals surface area contributed by atoms with Crippen molar-refractivity contribution in [3.05, 3.63) is 50.4 Å². The SMILES string of the molecule is CCCCOC(=O)N1CCN(c2nc(=O)n3c4c(c(-c5cc(Cl)c(F)cc5F)c(Cl)cc24)SC[C@H](OC)C3)CC1. The number of benzene rings is 2. The molecule has 13 heteroatoms. The molecule has 1 atom stereocenters. The first kappa shape index (κ1) is 28.9. The van der Waals surface area contributed by atoms with Crippen LogP contribution in [0.15, 0.2) is 27.9 Å². The van der Waals surface area contributed by atoms with E-state index < -0.39 is 17.3 Å². The van der Waals surface area contributed by atoms with E-state index in [-0.39, 0.29) is 34.4 Å². The number of rotatable bonds is 6. The number of piperazine rings is 1. The van der Waals surface area contributed by atoms with Crippen LogP contribution in [0.5, 0.6) is 0 Å². The Labute approximate surface area is 244 Å². The second-order valence-electron chi connectivity index (χ2n) is 9.64. The van der Waals surface area contributed by atoms with E-state index in [0.717, 1.165) is 18.9 Å². The van der Waals surface area contributed by atoms with Crippen molar-refractivity contribution in [2.75, 3.05) is 50.5 Å². The van der Waals surface area contributed by atoms with Gasteiger partial charge in [0.15, 0.2) is 0 Å². The highest BCUT2D eigenvalue weighted by Crippen LogP contribution is 2.46. The number of unbranched alkanes of at least 4 members (excludes halogenated alkanes) is 1. The summed E-state index contributed by atoms with van der Waals surface area (Å²) in [6.45, 7) is 4.30. The summed E-state index contributed by atoms with van der Waals surface area (Å²) in [7, 11) is 1.56. The van der Waals surface area contributed by atoms with Crippen LogP contribution < -0.4 is 10.6 Å². The molecule has 0 unspecified atom stereocenters. The number of thioether (sulfide) groups is 1. The van der Waals surface area contributed by atoms with Crippen LogP contribution in [0.25, 0.3) is 22.0 Å². The number of carbonyl (C=O) groups excluding carboxylic acids is 1. The highest BCUT2D eigenvalue weighted by Gasteiger charge is 2.30. The molecule has 3 heterocycles. The summed E-state index contributed by atoms with van der Waals surface area (Å²) in [6.07, 6.45) is 1.06. The van der Waals surface area contributed by atoms with E-state index in [1.54, 1.807) is 18.1 Å². The monoisotopic (exact) mass is 612 g/mol. The third-order valence-electron chi connectivity index (χ3n) is 7.12. The van der Waals surface area contributed by atoms with E-state index in [2.05, 4.69) is 4.98 Å². The summed E-state index contributed by atoms with van der Waals surface area (Å²) in [4.78, 5) is 34.4. The van der Waals surface area contributed by atoms with Gasteiger partial charge in [0.05, 0.1) is 34.8 Å². The summed E-state index contributed by atoms with van der Waals surface area (Å²) in [5.41, 5.74) is 0.408. The minimum Gasteiger partial charge on any atom is -0.449 e. The van der Waals surface area contributed by atoms with Crippen molar-refractivity contribution in [3.8, 4) is 11.1 Å². The molecule has 1 aromatic heterocycles. The third kappa shape index (κ3) is 5.48. The Balaban J connectivity index is 1.61. The summed E-state index contributed by atoms with van der Waals surface area (Å²) in [5.74, 6) is -0.809. The van der Waals surface area contributed by atoms with Gasteiger partial charge in [-0.15, -0.1) is 11.8 Å². The highest BCUT2D eigenvalue weighted by atomic mass is 35.5. The van der Waals surface area contributed by atoms with Gasteiger partial charge < -0.3 is 19.3 Å². The second kappa shape index (κ2) is 12.1. The standard InChI is InChI=1S/C27H28Cl2F2N4O4S/c1-3-4-9-39-27(37)34-7-5-33(6-8-34)25-17-11-19(29)22(16-10-18(28)21(31)12-20(16)30)24-23(17)35(26(36)32-25)13-15(38-2)14-40-24/h10-12,15H,3-9,13-14H2,1-2H3/t15-/m1/s1. The molecule has 2 aliphatic rings. The molecule has 1 amide bonds. The molecule has 8 nitrogen and oxygen atoms in total. The van der Waals surface area contributed by atoms with Gasteiger partial charge in [0.2, 0.25) is 0 Å². The zero-order chi connectivity index (χ0) is 28.6. The van der Waals surface area contributed by atoms with Crippen LogP contribution in [0.1, 0.15) is 19.8 Å². The zero-order valence-corrected chi connectivity index (χ0v) is 24.3. The smallest absolute Gasteiger partial charge is 0.409 e. The maximum absolute atomic E-state index is 15.1.